The summed E-state index contributed by atoms with van der Waals surface area (Å²) >= 11 is 0. The van der Waals surface area contributed by atoms with Crippen LogP contribution in [0.25, 0.3) is 0 Å². The van der Waals surface area contributed by atoms with Gasteiger partial charge >= 0.3 is 0 Å². The van der Waals surface area contributed by atoms with Gasteiger partial charge in [-0.25, -0.2) is 13.8 Å². The number of nitrogens with one attached hydrogen (secondary N) is 1. The number of nitrogens with two attached hydrogens (primary N) is 1. The van der Waals surface area contributed by atoms with Gasteiger partial charge < -0.3 is 20.1 Å². The number of amidine groups is 1. The highest BCUT2D eigenvalue weighted by molar-refractivity contribution is 5.99. The molecule has 1 amide bonds. The molecular weight excluding hydrogens is 458 g/mol. The topological polar surface area (TPSA) is 121 Å². The molecule has 1 saturated heterocycles. The van der Waals surface area contributed by atoms with E-state index in [2.05, 4.69) is 9.88 Å². The van der Waals surface area contributed by atoms with E-state index in [1.54, 1.807) is 0 Å². The minimum atomic E-state index is -0.689. The Morgan fingerprint density at radius 1 is 1.34 bits per heavy atom. The zero-order chi connectivity index (χ0) is 26.3. The zero-order valence-corrected chi connectivity index (χ0v) is 21.0. The van der Waals surface area contributed by atoms with Crippen LogP contribution in [0.2, 0.25) is 0 Å². The van der Waals surface area contributed by atoms with Gasteiger partial charge in [0.1, 0.15) is 17.7 Å². The van der Waals surface area contributed by atoms with E-state index in [0.29, 0.717) is 44.9 Å². The lowest BCUT2D eigenvalue weighted by molar-refractivity contribution is -0.114. The summed E-state index contributed by atoms with van der Waals surface area (Å²) in [6, 6.07) is 2.86. The van der Waals surface area contributed by atoms with Crippen molar-refractivity contribution in [3.63, 3.8) is 0 Å². The minimum Gasteiger partial charge on any atom is -0.400 e. The van der Waals surface area contributed by atoms with E-state index in [9.17, 15) is 13.6 Å². The number of nitrogens with zero attached hydrogens (tertiary/aromatic N) is 4. The smallest absolute Gasteiger partial charge is 0.215 e. The Morgan fingerprint density at radius 2 is 2.03 bits per heavy atom. The Kier molecular flexibility index (Phi) is 10.4. The monoisotopic (exact) mass is 494 g/mol. The average molecular weight is 495 g/mol. The highest BCUT2D eigenvalue weighted by Gasteiger charge is 2.38. The number of amides is 1. The third kappa shape index (κ3) is 5.92. The largest absolute Gasteiger partial charge is 0.400 e. The summed E-state index contributed by atoms with van der Waals surface area (Å²) in [5, 5.41) is 15.2. The summed E-state index contributed by atoms with van der Waals surface area (Å²) in [5.41, 5.74) is 8.33. The molecule has 0 aliphatic carbocycles. The second-order valence-electron chi connectivity index (χ2n) is 8.02. The maximum absolute atomic E-state index is 14.2. The molecule has 4 N–H and O–H groups in total. The summed E-state index contributed by atoms with van der Waals surface area (Å²) in [7, 11) is 2.53. The number of hydrogen-bond acceptors (Lipinski definition) is 7. The summed E-state index contributed by atoms with van der Waals surface area (Å²) in [6.07, 6.45) is 0.478. The van der Waals surface area contributed by atoms with E-state index in [1.807, 2.05) is 25.3 Å². The van der Waals surface area contributed by atoms with Crippen LogP contribution < -0.4 is 5.73 Å². The molecule has 2 unspecified atom stereocenters. The van der Waals surface area contributed by atoms with Crippen molar-refractivity contribution in [2.24, 2.45) is 5.73 Å². The van der Waals surface area contributed by atoms with Gasteiger partial charge in [-0.3, -0.25) is 20.0 Å². The second-order valence-corrected chi connectivity index (χ2v) is 8.02. The number of aliphatic hydroxyl groups is 1. The standard InChI is InChI=1S/C21H26F2N6O2.C2H6.CH4O/c1-3-29-18-9-28(8-17(18)26-21(29)20(25)27(2)11-30)13-7-16(24)19(31-10-13)14-6-12(22)4-5-15(14)23;2*1-2/h4-6,11,13,16,19,25H,3,7-10,24H2,1-2H3;1-2H3;2H,1H3/t13?,16?,19-;;/m1../s1. The molecule has 3 heterocycles. The Labute approximate surface area is 205 Å². The van der Waals surface area contributed by atoms with Gasteiger partial charge in [0.25, 0.3) is 0 Å². The van der Waals surface area contributed by atoms with Crippen molar-refractivity contribution in [2.45, 2.75) is 65.0 Å². The van der Waals surface area contributed by atoms with Crippen LogP contribution >= 0.6 is 0 Å². The highest BCUT2D eigenvalue weighted by Crippen LogP contribution is 2.34. The van der Waals surface area contributed by atoms with E-state index >= 15 is 0 Å². The maximum Gasteiger partial charge on any atom is 0.215 e. The average Bonchev–Trinajstić information content (AvgIpc) is 3.45. The lowest BCUT2D eigenvalue weighted by Gasteiger charge is -2.38. The molecule has 11 heteroatoms. The van der Waals surface area contributed by atoms with Gasteiger partial charge in [-0.05, 0) is 31.5 Å². The Morgan fingerprint density at radius 3 is 2.63 bits per heavy atom. The number of imidazole rings is 1. The number of hydrogen-bond donors (Lipinski definition) is 3. The first-order valence-electron chi connectivity index (χ1n) is 11.7. The maximum atomic E-state index is 14.2. The van der Waals surface area contributed by atoms with Gasteiger partial charge in [0.2, 0.25) is 6.41 Å². The fraction of sp³-hybridized carbons (Fsp3) is 0.542. The molecule has 1 aromatic carbocycles. The first-order valence-corrected chi connectivity index (χ1v) is 11.7. The van der Waals surface area contributed by atoms with Crippen molar-refractivity contribution in [3.05, 3.63) is 52.6 Å². The van der Waals surface area contributed by atoms with Crippen molar-refractivity contribution >= 4 is 12.2 Å². The van der Waals surface area contributed by atoms with Crippen LogP contribution in [0.4, 0.5) is 8.78 Å². The molecular formula is C24H36F2N6O3. The fourth-order valence-corrected chi connectivity index (χ4v) is 4.42. The number of aromatic nitrogens is 2. The molecule has 35 heavy (non-hydrogen) atoms. The number of benzene rings is 1. The van der Waals surface area contributed by atoms with Crippen LogP contribution in [0.15, 0.2) is 18.2 Å². The van der Waals surface area contributed by atoms with Crippen LogP contribution in [0.3, 0.4) is 0 Å². The van der Waals surface area contributed by atoms with Gasteiger partial charge in [-0.2, -0.15) is 0 Å². The normalized spacial score (nSPS) is 21.2. The van der Waals surface area contributed by atoms with E-state index in [-0.39, 0.29) is 17.4 Å². The van der Waals surface area contributed by atoms with E-state index in [4.69, 9.17) is 21.0 Å². The second kappa shape index (κ2) is 12.8. The van der Waals surface area contributed by atoms with Crippen molar-refractivity contribution < 1.29 is 23.4 Å². The number of carbonyl (C=O) groups excluding carboxylic acids is 1. The van der Waals surface area contributed by atoms with Crippen molar-refractivity contribution in [2.75, 3.05) is 20.8 Å². The summed E-state index contributed by atoms with van der Waals surface area (Å²) < 4.78 is 35.6. The van der Waals surface area contributed by atoms with Gasteiger partial charge in [0.05, 0.1) is 18.0 Å². The molecule has 0 bridgehead atoms. The van der Waals surface area contributed by atoms with Crippen LogP contribution in [0, 0.1) is 17.0 Å². The number of rotatable bonds is 5. The predicted octanol–water partition coefficient (Wildman–Crippen LogP) is 2.40. The van der Waals surface area contributed by atoms with Gasteiger partial charge in [0, 0.05) is 51.4 Å². The summed E-state index contributed by atoms with van der Waals surface area (Å²) in [6.45, 7) is 8.14. The molecule has 2 aromatic rings. The Hall–Kier alpha value is -2.73. The molecule has 1 fully saturated rings. The molecule has 0 saturated carbocycles. The number of carbonyl (C=O) groups is 1. The Bertz CT molecular complexity index is 1020. The molecule has 0 radical (unpaired) electrons. The lowest BCUT2D eigenvalue weighted by atomic mass is 9.93. The summed E-state index contributed by atoms with van der Waals surface area (Å²) in [4.78, 5) is 19.0. The third-order valence-corrected chi connectivity index (χ3v) is 6.08. The van der Waals surface area contributed by atoms with Crippen LogP contribution in [-0.4, -0.2) is 69.6 Å². The number of fused-ring (bicyclic) bond motifs is 1. The lowest BCUT2D eigenvalue weighted by Crippen LogP contribution is -2.48. The minimum absolute atomic E-state index is 0.0166. The number of halogens is 2. The molecule has 2 aliphatic heterocycles. The van der Waals surface area contributed by atoms with Crippen molar-refractivity contribution in [1.82, 2.24) is 19.4 Å². The molecule has 1 aromatic heterocycles. The Balaban J connectivity index is 0.00000103. The molecule has 3 atom stereocenters. The summed E-state index contributed by atoms with van der Waals surface area (Å²) in [5.74, 6) is -0.514. The molecule has 2 aliphatic rings. The van der Waals surface area contributed by atoms with E-state index in [0.717, 1.165) is 36.7 Å². The van der Waals surface area contributed by atoms with Crippen molar-refractivity contribution in [3.8, 4) is 0 Å². The third-order valence-electron chi connectivity index (χ3n) is 6.08. The van der Waals surface area contributed by atoms with Gasteiger partial charge in [-0.1, -0.05) is 13.8 Å². The van der Waals surface area contributed by atoms with Crippen LogP contribution in [0.5, 0.6) is 0 Å². The molecule has 4 rings (SSSR count). The number of ether oxygens (including phenoxy) is 1. The zero-order valence-electron chi connectivity index (χ0n) is 21.0. The molecule has 0 spiro atoms. The van der Waals surface area contributed by atoms with Crippen LogP contribution in [-0.2, 0) is 29.2 Å². The molecule has 9 nitrogen and oxygen atoms in total. The van der Waals surface area contributed by atoms with E-state index in [1.165, 1.54) is 11.9 Å². The number of aliphatic hydroxyl groups excluding tert-OH is 1. The SMILES string of the molecule is CC.CCn1c(C(=N)N(C)C=O)nc2c1CN(C1CO[C@H](c3cc(F)ccc3F)C(N)C1)C2.CO. The van der Waals surface area contributed by atoms with Crippen LogP contribution in [0.1, 0.15) is 56.1 Å². The quantitative estimate of drug-likeness (QED) is 0.334. The van der Waals surface area contributed by atoms with Gasteiger partial charge in [-0.15, -0.1) is 0 Å². The molecule has 194 valence electrons. The fourth-order valence-electron chi connectivity index (χ4n) is 4.42. The van der Waals surface area contributed by atoms with Crippen molar-refractivity contribution in [1.29, 1.82) is 5.41 Å². The van der Waals surface area contributed by atoms with Gasteiger partial charge in [0.15, 0.2) is 11.7 Å². The first-order chi connectivity index (χ1) is 16.8. The van der Waals surface area contributed by atoms with E-state index < -0.39 is 23.8 Å². The first kappa shape index (κ1) is 28.5. The highest BCUT2D eigenvalue weighted by atomic mass is 19.1. The predicted molar refractivity (Wildman–Crippen MR) is 129 cm³/mol.